The van der Waals surface area contributed by atoms with E-state index in [4.69, 9.17) is 14.5 Å². The Labute approximate surface area is 230 Å². The Morgan fingerprint density at radius 1 is 0.895 bits per heavy atom. The summed E-state index contributed by atoms with van der Waals surface area (Å²) < 4.78 is 39.6. The van der Waals surface area contributed by atoms with Crippen molar-refractivity contribution >= 4 is 42.6 Å². The van der Waals surface area contributed by atoms with Crippen LogP contribution in [0.3, 0.4) is 0 Å². The van der Waals surface area contributed by atoms with Crippen LogP contribution >= 0.6 is 11.3 Å². The number of carbonyl (C=O) groups is 1. The third kappa shape index (κ3) is 6.63. The van der Waals surface area contributed by atoms with Crippen molar-refractivity contribution in [2.45, 2.75) is 38.0 Å². The Hall–Kier alpha value is -2.73. The quantitative estimate of drug-likeness (QED) is 0.281. The van der Waals surface area contributed by atoms with Crippen molar-refractivity contribution in [3.05, 3.63) is 42.0 Å². The molecule has 0 unspecified atom stereocenters. The highest BCUT2D eigenvalue weighted by Crippen LogP contribution is 2.40. The van der Waals surface area contributed by atoms with E-state index in [0.29, 0.717) is 47.3 Å². The van der Waals surface area contributed by atoms with Crippen molar-refractivity contribution in [1.29, 1.82) is 0 Å². The fourth-order valence-electron chi connectivity index (χ4n) is 4.14. The number of ether oxygens (including phenoxy) is 2. The maximum Gasteiger partial charge on any atom is 0.260 e. The van der Waals surface area contributed by atoms with E-state index < -0.39 is 10.0 Å². The highest BCUT2D eigenvalue weighted by molar-refractivity contribution is 7.89. The van der Waals surface area contributed by atoms with Crippen LogP contribution in [0.1, 0.15) is 43.5 Å². The fraction of sp³-hybridized carbons (Fsp3) is 0.481. The maximum absolute atomic E-state index is 13.8. The third-order valence-electron chi connectivity index (χ3n) is 6.05. The molecule has 2 aromatic carbocycles. The van der Waals surface area contributed by atoms with Crippen LogP contribution in [0.25, 0.3) is 10.2 Å². The molecule has 0 bridgehead atoms. The number of anilines is 1. The SMILES string of the molecule is CCCN(CCC)S(=O)(=O)c1ccc(C(=O)N(CCCN(C)C)c2nc3c(OC)ccc(OC)c3s2)cc1. The van der Waals surface area contributed by atoms with Gasteiger partial charge in [-0.05, 0) is 76.3 Å². The Morgan fingerprint density at radius 3 is 2.05 bits per heavy atom. The van der Waals surface area contributed by atoms with Crippen molar-refractivity contribution in [3.8, 4) is 11.5 Å². The molecule has 0 saturated carbocycles. The normalized spacial score (nSPS) is 11.9. The second-order valence-electron chi connectivity index (χ2n) is 9.19. The third-order valence-corrected chi connectivity index (χ3v) is 9.05. The Morgan fingerprint density at radius 2 is 1.50 bits per heavy atom. The Kier molecular flexibility index (Phi) is 10.5. The highest BCUT2D eigenvalue weighted by Gasteiger charge is 2.26. The number of sulfonamides is 1. The van der Waals surface area contributed by atoms with Gasteiger partial charge < -0.3 is 14.4 Å². The van der Waals surface area contributed by atoms with E-state index in [1.807, 2.05) is 34.0 Å². The highest BCUT2D eigenvalue weighted by atomic mass is 32.2. The van der Waals surface area contributed by atoms with Crippen LogP contribution in [-0.2, 0) is 10.0 Å². The second-order valence-corrected chi connectivity index (χ2v) is 12.1. The summed E-state index contributed by atoms with van der Waals surface area (Å²) in [5.41, 5.74) is 1.02. The van der Waals surface area contributed by atoms with Crippen LogP contribution < -0.4 is 14.4 Å². The topological polar surface area (TPSA) is 92.3 Å². The number of thiazole rings is 1. The number of carbonyl (C=O) groups excluding carboxylic acids is 1. The molecular formula is C27H38N4O5S2. The number of benzene rings is 2. The number of rotatable bonds is 14. The number of hydrogen-bond acceptors (Lipinski definition) is 8. The van der Waals surface area contributed by atoms with Crippen LogP contribution in [-0.4, -0.2) is 83.0 Å². The van der Waals surface area contributed by atoms with Crippen LogP contribution in [0, 0.1) is 0 Å². The first kappa shape index (κ1) is 29.8. The molecule has 11 heteroatoms. The van der Waals surface area contributed by atoms with Crippen molar-refractivity contribution in [2.75, 3.05) is 59.4 Å². The van der Waals surface area contributed by atoms with Gasteiger partial charge in [-0.1, -0.05) is 25.2 Å². The molecule has 1 heterocycles. The minimum Gasteiger partial charge on any atom is -0.495 e. The number of methoxy groups -OCH3 is 2. The predicted octanol–water partition coefficient (Wildman–Crippen LogP) is 4.72. The van der Waals surface area contributed by atoms with Gasteiger partial charge in [-0.3, -0.25) is 9.69 Å². The number of aromatic nitrogens is 1. The summed E-state index contributed by atoms with van der Waals surface area (Å²) in [6, 6.07) is 9.81. The lowest BCUT2D eigenvalue weighted by Crippen LogP contribution is -2.34. The summed E-state index contributed by atoms with van der Waals surface area (Å²) in [7, 11) is 3.52. The lowest BCUT2D eigenvalue weighted by molar-refractivity contribution is 0.0986. The van der Waals surface area contributed by atoms with Crippen molar-refractivity contribution in [3.63, 3.8) is 0 Å². The van der Waals surface area contributed by atoms with Crippen LogP contribution in [0.15, 0.2) is 41.3 Å². The summed E-state index contributed by atoms with van der Waals surface area (Å²) in [6.45, 7) is 6.07. The molecule has 1 aromatic heterocycles. The first-order valence-electron chi connectivity index (χ1n) is 12.8. The summed E-state index contributed by atoms with van der Waals surface area (Å²) in [4.78, 5) is 22.4. The predicted molar refractivity (Wildman–Crippen MR) is 153 cm³/mol. The van der Waals surface area contributed by atoms with Crippen LogP contribution in [0.2, 0.25) is 0 Å². The van der Waals surface area contributed by atoms with E-state index in [0.717, 1.165) is 30.5 Å². The number of amides is 1. The summed E-state index contributed by atoms with van der Waals surface area (Å²) >= 11 is 1.36. The molecule has 38 heavy (non-hydrogen) atoms. The van der Waals surface area contributed by atoms with Gasteiger partial charge in [-0.2, -0.15) is 4.31 Å². The van der Waals surface area contributed by atoms with Crippen LogP contribution in [0.5, 0.6) is 11.5 Å². The molecule has 208 valence electrons. The molecule has 0 spiro atoms. The number of fused-ring (bicyclic) bond motifs is 1. The van der Waals surface area contributed by atoms with Gasteiger partial charge >= 0.3 is 0 Å². The molecule has 0 aliphatic rings. The molecule has 9 nitrogen and oxygen atoms in total. The number of nitrogens with zero attached hydrogens (tertiary/aromatic N) is 4. The van der Waals surface area contributed by atoms with Crippen LogP contribution in [0.4, 0.5) is 5.13 Å². The van der Waals surface area contributed by atoms with Gasteiger partial charge in [-0.15, -0.1) is 0 Å². The van der Waals surface area contributed by atoms with Gasteiger partial charge in [0.25, 0.3) is 5.91 Å². The molecule has 1 amide bonds. The smallest absolute Gasteiger partial charge is 0.260 e. The van der Waals surface area contributed by atoms with Crippen molar-refractivity contribution < 1.29 is 22.7 Å². The lowest BCUT2D eigenvalue weighted by Gasteiger charge is -2.22. The van der Waals surface area contributed by atoms with E-state index in [2.05, 4.69) is 4.90 Å². The molecule has 0 fully saturated rings. The summed E-state index contributed by atoms with van der Waals surface area (Å²) in [5, 5.41) is 0.528. The minimum atomic E-state index is -3.63. The molecule has 0 saturated heterocycles. The standard InChI is InChI=1S/C27H38N4O5S2/c1-7-16-30(17-8-2)38(33,34)21-12-10-20(11-13-21)26(32)31(19-9-18-29(3)4)27-28-24-22(35-5)14-15-23(36-6)25(24)37-27/h10-15H,7-9,16-19H2,1-6H3. The van der Waals surface area contributed by atoms with Gasteiger partial charge in [0, 0.05) is 25.2 Å². The maximum atomic E-state index is 13.8. The van der Waals surface area contributed by atoms with E-state index in [-0.39, 0.29) is 10.8 Å². The zero-order valence-corrected chi connectivity index (χ0v) is 24.7. The molecule has 3 aromatic rings. The molecule has 0 aliphatic heterocycles. The van der Waals surface area contributed by atoms with E-state index in [1.54, 1.807) is 37.3 Å². The summed E-state index contributed by atoms with van der Waals surface area (Å²) in [6.07, 6.45) is 2.20. The van der Waals surface area contributed by atoms with Gasteiger partial charge in [0.15, 0.2) is 5.13 Å². The van der Waals surface area contributed by atoms with E-state index in [9.17, 15) is 13.2 Å². The Bertz CT molecular complexity index is 1280. The molecule has 3 rings (SSSR count). The molecular weight excluding hydrogens is 524 g/mol. The lowest BCUT2D eigenvalue weighted by atomic mass is 10.2. The Balaban J connectivity index is 1.98. The van der Waals surface area contributed by atoms with Gasteiger partial charge in [-0.25, -0.2) is 13.4 Å². The molecule has 0 atom stereocenters. The monoisotopic (exact) mass is 562 g/mol. The molecule has 0 N–H and O–H groups in total. The van der Waals surface area contributed by atoms with Crippen molar-refractivity contribution in [2.24, 2.45) is 0 Å². The molecule has 0 radical (unpaired) electrons. The minimum absolute atomic E-state index is 0.185. The molecule has 0 aliphatic carbocycles. The first-order chi connectivity index (χ1) is 18.2. The van der Waals surface area contributed by atoms with Gasteiger partial charge in [0.2, 0.25) is 10.0 Å². The zero-order chi connectivity index (χ0) is 27.9. The zero-order valence-electron chi connectivity index (χ0n) is 23.1. The van der Waals surface area contributed by atoms with E-state index in [1.165, 1.54) is 27.8 Å². The average Bonchev–Trinajstić information content (AvgIpc) is 3.35. The van der Waals surface area contributed by atoms with Crippen molar-refractivity contribution in [1.82, 2.24) is 14.2 Å². The fourth-order valence-corrected chi connectivity index (χ4v) is 6.87. The first-order valence-corrected chi connectivity index (χ1v) is 15.0. The largest absolute Gasteiger partial charge is 0.495 e. The number of hydrogen-bond donors (Lipinski definition) is 0. The van der Waals surface area contributed by atoms with Gasteiger partial charge in [0.1, 0.15) is 21.7 Å². The summed E-state index contributed by atoms with van der Waals surface area (Å²) in [5.74, 6) is 1.01. The van der Waals surface area contributed by atoms with Gasteiger partial charge in [0.05, 0.1) is 19.1 Å². The van der Waals surface area contributed by atoms with E-state index >= 15 is 0 Å². The second kappa shape index (κ2) is 13.4. The average molecular weight is 563 g/mol.